The van der Waals surface area contributed by atoms with Crippen LogP contribution >= 0.6 is 0 Å². The zero-order chi connectivity index (χ0) is 16.5. The number of hydrogen-bond acceptors (Lipinski definition) is 5. The third-order valence-electron chi connectivity index (χ3n) is 4.98. The van der Waals surface area contributed by atoms with E-state index in [1.165, 1.54) is 0 Å². The molecule has 3 aromatic rings. The van der Waals surface area contributed by atoms with Gasteiger partial charge in [-0.2, -0.15) is 0 Å². The van der Waals surface area contributed by atoms with Gasteiger partial charge in [-0.1, -0.05) is 26.0 Å². The summed E-state index contributed by atoms with van der Waals surface area (Å²) in [6.07, 6.45) is 0.871. The Morgan fingerprint density at radius 1 is 0.917 bits per heavy atom. The lowest BCUT2D eigenvalue weighted by Crippen LogP contribution is -2.45. The van der Waals surface area contributed by atoms with Gasteiger partial charge in [-0.25, -0.2) is 4.98 Å². The quantitative estimate of drug-likeness (QED) is 0.734. The summed E-state index contributed by atoms with van der Waals surface area (Å²) in [4.78, 5) is 9.79. The first kappa shape index (κ1) is 15.5. The molecule has 0 bridgehead atoms. The van der Waals surface area contributed by atoms with Gasteiger partial charge in [0.05, 0.1) is 12.1 Å². The lowest BCUT2D eigenvalue weighted by atomic mass is 10.2. The molecule has 1 fully saturated rings. The smallest absolute Gasteiger partial charge is 0.171 e. The monoisotopic (exact) mass is 324 g/mol. The molecule has 4 rings (SSSR count). The predicted molar refractivity (Wildman–Crippen MR) is 95.1 cm³/mol. The fourth-order valence-electron chi connectivity index (χ4n) is 3.51. The number of likely N-dealkylation sites (N-methyl/N-ethyl adjacent to an activating group) is 1. The predicted octanol–water partition coefficient (Wildman–Crippen LogP) is 1.98. The van der Waals surface area contributed by atoms with Gasteiger partial charge in [0.25, 0.3) is 0 Å². The fourth-order valence-corrected chi connectivity index (χ4v) is 3.51. The normalized spacial score (nSPS) is 17.1. The number of piperazine rings is 1. The number of para-hydroxylation sites is 1. The molecule has 0 unspecified atom stereocenters. The van der Waals surface area contributed by atoms with Crippen LogP contribution in [0.1, 0.15) is 25.5 Å². The van der Waals surface area contributed by atoms with Crippen LogP contribution in [0, 0.1) is 0 Å². The summed E-state index contributed by atoms with van der Waals surface area (Å²) in [7, 11) is 0. The number of benzene rings is 1. The molecule has 6 heteroatoms. The van der Waals surface area contributed by atoms with Crippen molar-refractivity contribution < 1.29 is 0 Å². The minimum absolute atomic E-state index is 0.839. The molecular formula is C18H24N6. The molecular weight excluding hydrogens is 300 g/mol. The topological polar surface area (TPSA) is 49.6 Å². The van der Waals surface area contributed by atoms with E-state index in [-0.39, 0.29) is 0 Å². The van der Waals surface area contributed by atoms with Crippen molar-refractivity contribution in [3.05, 3.63) is 35.9 Å². The maximum absolute atomic E-state index is 4.83. The van der Waals surface area contributed by atoms with Gasteiger partial charge in [-0.3, -0.25) is 9.30 Å². The molecule has 1 saturated heterocycles. The molecule has 126 valence electrons. The first-order valence-corrected chi connectivity index (χ1v) is 8.86. The van der Waals surface area contributed by atoms with Crippen LogP contribution in [0.3, 0.4) is 0 Å². The van der Waals surface area contributed by atoms with E-state index >= 15 is 0 Å². The van der Waals surface area contributed by atoms with E-state index in [1.54, 1.807) is 0 Å². The van der Waals surface area contributed by atoms with Gasteiger partial charge in [0.2, 0.25) is 0 Å². The van der Waals surface area contributed by atoms with Crippen molar-refractivity contribution in [3.8, 4) is 0 Å². The Morgan fingerprint density at radius 2 is 1.67 bits per heavy atom. The zero-order valence-corrected chi connectivity index (χ0v) is 14.4. The van der Waals surface area contributed by atoms with Crippen LogP contribution in [0.15, 0.2) is 24.3 Å². The second-order valence-electron chi connectivity index (χ2n) is 6.38. The number of fused-ring (bicyclic) bond motifs is 3. The number of rotatable bonds is 4. The van der Waals surface area contributed by atoms with Gasteiger partial charge in [0, 0.05) is 38.0 Å². The van der Waals surface area contributed by atoms with E-state index in [4.69, 9.17) is 4.98 Å². The van der Waals surface area contributed by atoms with Crippen LogP contribution in [0.25, 0.3) is 16.6 Å². The molecule has 0 spiro atoms. The highest BCUT2D eigenvalue weighted by atomic mass is 15.3. The van der Waals surface area contributed by atoms with Crippen molar-refractivity contribution >= 4 is 16.6 Å². The molecule has 0 saturated carbocycles. The second kappa shape index (κ2) is 6.45. The van der Waals surface area contributed by atoms with E-state index in [1.807, 2.05) is 18.2 Å². The summed E-state index contributed by atoms with van der Waals surface area (Å²) in [6, 6.07) is 8.19. The number of aryl methyl sites for hydroxylation is 1. The Bertz CT molecular complexity index is 847. The highest BCUT2D eigenvalue weighted by Crippen LogP contribution is 2.20. The van der Waals surface area contributed by atoms with Gasteiger partial charge in [0.15, 0.2) is 11.5 Å². The number of nitrogens with zero attached hydrogens (tertiary/aromatic N) is 6. The molecule has 0 aliphatic carbocycles. The highest BCUT2D eigenvalue weighted by Gasteiger charge is 2.19. The summed E-state index contributed by atoms with van der Waals surface area (Å²) in [5.74, 6) is 2.04. The molecule has 0 amide bonds. The van der Waals surface area contributed by atoms with E-state index < -0.39 is 0 Å². The van der Waals surface area contributed by atoms with E-state index in [0.29, 0.717) is 0 Å². The van der Waals surface area contributed by atoms with Crippen LogP contribution in [-0.4, -0.2) is 62.1 Å². The Hall–Kier alpha value is -2.05. The SMILES string of the molecule is CCc1nc2ccccc2c2nnc(CN3CCN(CC)CC3)n12. The average molecular weight is 324 g/mol. The number of hydrogen-bond donors (Lipinski definition) is 0. The molecule has 0 N–H and O–H groups in total. The standard InChI is InChI=1S/C18H24N6/c1-3-16-19-15-8-6-5-7-14(15)18-21-20-17(24(16)18)13-23-11-9-22(4-2)10-12-23/h5-8H,3-4,9-13H2,1-2H3. The fraction of sp³-hybridized carbons (Fsp3) is 0.500. The van der Waals surface area contributed by atoms with E-state index in [9.17, 15) is 0 Å². The van der Waals surface area contributed by atoms with E-state index in [2.05, 4.69) is 44.3 Å². The van der Waals surface area contributed by atoms with Gasteiger partial charge < -0.3 is 4.90 Å². The van der Waals surface area contributed by atoms with Gasteiger partial charge in [0.1, 0.15) is 5.82 Å². The van der Waals surface area contributed by atoms with Gasteiger partial charge in [-0.15, -0.1) is 10.2 Å². The van der Waals surface area contributed by atoms with Gasteiger partial charge in [-0.05, 0) is 18.7 Å². The van der Waals surface area contributed by atoms with Gasteiger partial charge >= 0.3 is 0 Å². The molecule has 0 radical (unpaired) electrons. The highest BCUT2D eigenvalue weighted by molar-refractivity contribution is 5.91. The molecule has 1 aliphatic rings. The van der Waals surface area contributed by atoms with Crippen LogP contribution in [-0.2, 0) is 13.0 Å². The van der Waals surface area contributed by atoms with Crippen molar-refractivity contribution in [1.82, 2.24) is 29.4 Å². The molecule has 3 heterocycles. The van der Waals surface area contributed by atoms with Crippen LogP contribution in [0.4, 0.5) is 0 Å². The lowest BCUT2D eigenvalue weighted by molar-refractivity contribution is 0.129. The van der Waals surface area contributed by atoms with Crippen LogP contribution < -0.4 is 0 Å². The second-order valence-corrected chi connectivity index (χ2v) is 6.38. The van der Waals surface area contributed by atoms with Crippen molar-refractivity contribution in [3.63, 3.8) is 0 Å². The minimum atomic E-state index is 0.839. The number of aromatic nitrogens is 4. The first-order chi connectivity index (χ1) is 11.8. The van der Waals surface area contributed by atoms with E-state index in [0.717, 1.165) is 73.9 Å². The third-order valence-corrected chi connectivity index (χ3v) is 4.98. The minimum Gasteiger partial charge on any atom is -0.301 e. The van der Waals surface area contributed by atoms with Crippen molar-refractivity contribution in [2.75, 3.05) is 32.7 Å². The Morgan fingerprint density at radius 3 is 2.42 bits per heavy atom. The van der Waals surface area contributed by atoms with Crippen molar-refractivity contribution in [2.45, 2.75) is 26.8 Å². The first-order valence-electron chi connectivity index (χ1n) is 8.86. The molecule has 6 nitrogen and oxygen atoms in total. The molecule has 1 aromatic carbocycles. The summed E-state index contributed by atoms with van der Waals surface area (Å²) >= 11 is 0. The molecule has 1 aliphatic heterocycles. The molecule has 24 heavy (non-hydrogen) atoms. The summed E-state index contributed by atoms with van der Waals surface area (Å²) in [5, 5.41) is 10.1. The Kier molecular flexibility index (Phi) is 4.16. The van der Waals surface area contributed by atoms with Crippen LogP contribution in [0.5, 0.6) is 0 Å². The van der Waals surface area contributed by atoms with Crippen molar-refractivity contribution in [1.29, 1.82) is 0 Å². The largest absolute Gasteiger partial charge is 0.301 e. The molecule has 0 atom stereocenters. The maximum atomic E-state index is 4.83. The maximum Gasteiger partial charge on any atom is 0.171 e. The summed E-state index contributed by atoms with van der Waals surface area (Å²) in [6.45, 7) is 10.8. The lowest BCUT2D eigenvalue weighted by Gasteiger charge is -2.33. The van der Waals surface area contributed by atoms with Crippen molar-refractivity contribution in [2.24, 2.45) is 0 Å². The summed E-state index contributed by atoms with van der Waals surface area (Å²) in [5.41, 5.74) is 1.93. The molecule has 2 aromatic heterocycles. The Balaban J connectivity index is 1.70. The Labute approximate surface area is 142 Å². The third kappa shape index (κ3) is 2.65. The summed E-state index contributed by atoms with van der Waals surface area (Å²) < 4.78 is 2.16. The average Bonchev–Trinajstić information content (AvgIpc) is 3.06. The van der Waals surface area contributed by atoms with Crippen LogP contribution in [0.2, 0.25) is 0 Å². The zero-order valence-electron chi connectivity index (χ0n) is 14.4.